The first kappa shape index (κ1) is 14.8. The highest BCUT2D eigenvalue weighted by Gasteiger charge is 2.37. The number of nitrogens with zero attached hydrogens (tertiary/aromatic N) is 1. The average Bonchev–Trinajstić information content (AvgIpc) is 2.37. The van der Waals surface area contributed by atoms with Gasteiger partial charge in [0.25, 0.3) is 0 Å². The lowest BCUT2D eigenvalue weighted by Crippen LogP contribution is -2.33. The second-order valence-corrected chi connectivity index (χ2v) is 4.14. The molecule has 0 aliphatic carbocycles. The fourth-order valence-electron chi connectivity index (χ4n) is 2.00. The van der Waals surface area contributed by atoms with Crippen LogP contribution in [0.4, 0.5) is 0 Å². The van der Waals surface area contributed by atoms with Gasteiger partial charge in [-0.2, -0.15) is 0 Å². The molecule has 6 nitrogen and oxygen atoms in total. The van der Waals surface area contributed by atoms with Crippen LogP contribution in [0.15, 0.2) is 30.3 Å². The summed E-state index contributed by atoms with van der Waals surface area (Å²) in [4.78, 5) is 33.5. The van der Waals surface area contributed by atoms with E-state index in [0.717, 1.165) is 7.11 Å². The van der Waals surface area contributed by atoms with Gasteiger partial charge in [0, 0.05) is 4.92 Å². The molecule has 0 spiro atoms. The number of nitro groups is 1. The third kappa shape index (κ3) is 3.87. The normalized spacial score (nSPS) is 13.4. The van der Waals surface area contributed by atoms with Gasteiger partial charge in [0.05, 0.1) is 13.0 Å². The molecular formula is C13H15NO5. The van der Waals surface area contributed by atoms with Crippen LogP contribution in [0, 0.1) is 16.0 Å². The highest BCUT2D eigenvalue weighted by molar-refractivity contribution is 5.98. The Labute approximate surface area is 110 Å². The first-order valence-electron chi connectivity index (χ1n) is 5.72. The number of hydrogen-bond acceptors (Lipinski definition) is 5. The van der Waals surface area contributed by atoms with Crippen molar-refractivity contribution in [3.8, 4) is 0 Å². The molecular weight excluding hydrogens is 250 g/mol. The highest BCUT2D eigenvalue weighted by atomic mass is 16.6. The minimum atomic E-state index is -1.15. The number of ether oxygens (including phenoxy) is 1. The van der Waals surface area contributed by atoms with Crippen LogP contribution in [-0.4, -0.2) is 30.3 Å². The molecule has 19 heavy (non-hydrogen) atoms. The summed E-state index contributed by atoms with van der Waals surface area (Å²) in [6.07, 6.45) is 0. The fraction of sp³-hybridized carbons (Fsp3) is 0.385. The van der Waals surface area contributed by atoms with Gasteiger partial charge in [-0.1, -0.05) is 30.3 Å². The standard InChI is InChI=1S/C13H15NO5/c1-9(15)12(13(16)19-2)11(8-14(17)18)10-6-4-3-5-7-10/h3-7,11-12H,8H2,1-2H3/t11-,12+/m1/s1. The van der Waals surface area contributed by atoms with Crippen LogP contribution in [0.1, 0.15) is 18.4 Å². The topological polar surface area (TPSA) is 86.5 Å². The van der Waals surface area contributed by atoms with Crippen LogP contribution in [0.25, 0.3) is 0 Å². The van der Waals surface area contributed by atoms with E-state index in [-0.39, 0.29) is 0 Å². The number of hydrogen-bond donors (Lipinski definition) is 0. The lowest BCUT2D eigenvalue weighted by atomic mass is 9.83. The second-order valence-electron chi connectivity index (χ2n) is 4.14. The summed E-state index contributed by atoms with van der Waals surface area (Å²) < 4.78 is 4.58. The van der Waals surface area contributed by atoms with E-state index in [9.17, 15) is 19.7 Å². The first-order valence-corrected chi connectivity index (χ1v) is 5.72. The Balaban J connectivity index is 3.17. The van der Waals surface area contributed by atoms with Crippen molar-refractivity contribution in [2.45, 2.75) is 12.8 Å². The number of carbonyl (C=O) groups is 2. The highest BCUT2D eigenvalue weighted by Crippen LogP contribution is 2.27. The van der Waals surface area contributed by atoms with E-state index in [1.54, 1.807) is 30.3 Å². The molecule has 0 aliphatic heterocycles. The summed E-state index contributed by atoms with van der Waals surface area (Å²) in [6, 6.07) is 8.49. The zero-order chi connectivity index (χ0) is 14.4. The fourth-order valence-corrected chi connectivity index (χ4v) is 2.00. The van der Waals surface area contributed by atoms with Gasteiger partial charge >= 0.3 is 5.97 Å². The molecule has 2 atom stereocenters. The zero-order valence-corrected chi connectivity index (χ0v) is 10.7. The number of methoxy groups -OCH3 is 1. The average molecular weight is 265 g/mol. The molecule has 0 amide bonds. The molecule has 0 N–H and O–H groups in total. The Morgan fingerprint density at radius 3 is 2.32 bits per heavy atom. The zero-order valence-electron chi connectivity index (χ0n) is 10.7. The summed E-state index contributed by atoms with van der Waals surface area (Å²) >= 11 is 0. The van der Waals surface area contributed by atoms with Gasteiger partial charge in [0.15, 0.2) is 0 Å². The minimum Gasteiger partial charge on any atom is -0.468 e. The van der Waals surface area contributed by atoms with E-state index in [2.05, 4.69) is 4.74 Å². The van der Waals surface area contributed by atoms with E-state index in [4.69, 9.17) is 0 Å². The van der Waals surface area contributed by atoms with Crippen LogP contribution < -0.4 is 0 Å². The van der Waals surface area contributed by atoms with Gasteiger partial charge in [-0.3, -0.25) is 19.7 Å². The third-order valence-electron chi connectivity index (χ3n) is 2.87. The molecule has 1 aromatic carbocycles. The monoisotopic (exact) mass is 265 g/mol. The molecule has 0 fully saturated rings. The molecule has 6 heteroatoms. The van der Waals surface area contributed by atoms with Gasteiger partial charge in [-0.05, 0) is 12.5 Å². The van der Waals surface area contributed by atoms with E-state index in [1.165, 1.54) is 6.92 Å². The van der Waals surface area contributed by atoms with Crippen LogP contribution >= 0.6 is 0 Å². The van der Waals surface area contributed by atoms with Crippen LogP contribution in [-0.2, 0) is 14.3 Å². The molecule has 1 aromatic rings. The number of Topliss-reactive ketones (excluding diaryl/α,β-unsaturated/α-hetero) is 1. The Kier molecular flexibility index (Phi) is 5.17. The molecule has 0 unspecified atom stereocenters. The van der Waals surface area contributed by atoms with Crippen LogP contribution in [0.3, 0.4) is 0 Å². The van der Waals surface area contributed by atoms with Crippen molar-refractivity contribution in [1.29, 1.82) is 0 Å². The Bertz CT molecular complexity index is 471. The third-order valence-corrected chi connectivity index (χ3v) is 2.87. The predicted octanol–water partition coefficient (Wildman–Crippen LogP) is 1.43. The minimum absolute atomic E-state index is 0.442. The number of benzene rings is 1. The maximum Gasteiger partial charge on any atom is 0.317 e. The van der Waals surface area contributed by atoms with E-state index >= 15 is 0 Å². The molecule has 1 rings (SSSR count). The summed E-state index contributed by atoms with van der Waals surface area (Å²) in [6.45, 7) is 0.737. The summed E-state index contributed by atoms with van der Waals surface area (Å²) in [7, 11) is 1.16. The van der Waals surface area contributed by atoms with E-state index in [0.29, 0.717) is 5.56 Å². The molecule has 0 aromatic heterocycles. The summed E-state index contributed by atoms with van der Waals surface area (Å²) in [5, 5.41) is 10.8. The summed E-state index contributed by atoms with van der Waals surface area (Å²) in [5.74, 6) is -3.16. The SMILES string of the molecule is COC(=O)[C@@H](C(C)=O)[C@H](C[N+](=O)[O-])c1ccccc1. The Morgan fingerprint density at radius 2 is 1.89 bits per heavy atom. The smallest absolute Gasteiger partial charge is 0.317 e. The maximum atomic E-state index is 11.7. The van der Waals surface area contributed by atoms with Gasteiger partial charge < -0.3 is 4.74 Å². The largest absolute Gasteiger partial charge is 0.468 e. The van der Waals surface area contributed by atoms with Crippen LogP contribution in [0.5, 0.6) is 0 Å². The van der Waals surface area contributed by atoms with Gasteiger partial charge in [0.2, 0.25) is 6.54 Å². The Hall–Kier alpha value is -2.24. The maximum absolute atomic E-state index is 11.7. The van der Waals surface area contributed by atoms with Crippen molar-refractivity contribution in [2.24, 2.45) is 5.92 Å². The van der Waals surface area contributed by atoms with E-state index in [1.807, 2.05) is 0 Å². The van der Waals surface area contributed by atoms with Crippen molar-refractivity contribution in [3.63, 3.8) is 0 Å². The molecule has 0 bridgehead atoms. The lowest BCUT2D eigenvalue weighted by Gasteiger charge is -2.20. The molecule has 0 saturated heterocycles. The molecule has 102 valence electrons. The van der Waals surface area contributed by atoms with Crippen LogP contribution in [0.2, 0.25) is 0 Å². The molecule has 0 radical (unpaired) electrons. The molecule has 0 aliphatic rings. The van der Waals surface area contributed by atoms with Gasteiger partial charge in [-0.25, -0.2) is 0 Å². The quantitative estimate of drug-likeness (QED) is 0.336. The van der Waals surface area contributed by atoms with E-state index < -0.39 is 35.1 Å². The molecule has 0 heterocycles. The number of rotatable bonds is 6. The predicted molar refractivity (Wildman–Crippen MR) is 67.2 cm³/mol. The van der Waals surface area contributed by atoms with Gasteiger partial charge in [0.1, 0.15) is 11.7 Å². The van der Waals surface area contributed by atoms with Crippen molar-refractivity contribution in [3.05, 3.63) is 46.0 Å². The number of carbonyl (C=O) groups excluding carboxylic acids is 2. The lowest BCUT2D eigenvalue weighted by molar-refractivity contribution is -0.484. The summed E-state index contributed by atoms with van der Waals surface area (Å²) in [5.41, 5.74) is 0.574. The van der Waals surface area contributed by atoms with Crippen molar-refractivity contribution in [2.75, 3.05) is 13.7 Å². The van der Waals surface area contributed by atoms with Crippen molar-refractivity contribution < 1.29 is 19.2 Å². The van der Waals surface area contributed by atoms with Gasteiger partial charge in [-0.15, -0.1) is 0 Å². The number of esters is 1. The first-order chi connectivity index (χ1) is 8.97. The Morgan fingerprint density at radius 1 is 1.32 bits per heavy atom. The number of ketones is 1. The van der Waals surface area contributed by atoms with Crippen molar-refractivity contribution >= 4 is 11.8 Å². The second kappa shape index (κ2) is 6.63. The molecule has 0 saturated carbocycles. The van der Waals surface area contributed by atoms with Crippen molar-refractivity contribution in [1.82, 2.24) is 0 Å².